The second kappa shape index (κ2) is 11.4. The molecule has 1 aromatic heterocycles. The molecule has 2 heterocycles. The van der Waals surface area contributed by atoms with Gasteiger partial charge in [0.1, 0.15) is 23.9 Å². The first-order valence-corrected chi connectivity index (χ1v) is 14.2. The highest BCUT2D eigenvalue weighted by molar-refractivity contribution is 14.1. The Hall–Kier alpha value is -3.66. The van der Waals surface area contributed by atoms with Gasteiger partial charge in [-0.2, -0.15) is 0 Å². The zero-order chi connectivity index (χ0) is 28.4. The van der Waals surface area contributed by atoms with Gasteiger partial charge in [-0.1, -0.05) is 26.0 Å². The molecule has 0 bridgehead atoms. The number of pyridine rings is 1. The van der Waals surface area contributed by atoms with Crippen LogP contribution in [0, 0.1) is 8.99 Å². The lowest BCUT2D eigenvalue weighted by atomic mass is 9.68. The van der Waals surface area contributed by atoms with Gasteiger partial charge < -0.3 is 20.1 Å². The SMILES string of the molecule is COc1ccc([C@H]2C(C(=O)Nc3ccccn3)=C(C)NC3=C2C(=O)CC(C)(C)C3)cc1COc1ccc(I)cc1. The fourth-order valence-electron chi connectivity index (χ4n) is 5.47. The first kappa shape index (κ1) is 27.9. The summed E-state index contributed by atoms with van der Waals surface area (Å²) >= 11 is 2.26. The number of methoxy groups -OCH3 is 1. The molecule has 0 spiro atoms. The molecule has 2 aliphatic rings. The molecule has 1 aliphatic heterocycles. The number of carbonyl (C=O) groups excluding carboxylic acids is 2. The summed E-state index contributed by atoms with van der Waals surface area (Å²) in [4.78, 5) is 31.7. The molecule has 1 atom stereocenters. The van der Waals surface area contributed by atoms with Crippen molar-refractivity contribution in [3.63, 3.8) is 0 Å². The van der Waals surface area contributed by atoms with E-state index in [9.17, 15) is 9.59 Å². The van der Waals surface area contributed by atoms with Gasteiger partial charge in [-0.25, -0.2) is 4.98 Å². The standard InChI is InChI=1S/C32H32IN3O4/c1-19-28(31(38)36-27-7-5-6-14-34-27)29(30-24(35-19)16-32(2,3)17-25(30)37)20-8-13-26(39-4)21(15-20)18-40-23-11-9-22(33)10-12-23/h5-15,29,35H,16-18H2,1-4H3,(H,34,36,38)/t29-/m0/s1. The van der Waals surface area contributed by atoms with E-state index in [1.54, 1.807) is 25.4 Å². The van der Waals surface area contributed by atoms with E-state index in [0.29, 0.717) is 29.1 Å². The molecule has 0 saturated heterocycles. The minimum atomic E-state index is -0.550. The predicted molar refractivity (Wildman–Crippen MR) is 163 cm³/mol. The lowest BCUT2D eigenvalue weighted by Gasteiger charge is -2.39. The second-order valence-electron chi connectivity index (χ2n) is 10.9. The Morgan fingerprint density at radius 3 is 2.60 bits per heavy atom. The summed E-state index contributed by atoms with van der Waals surface area (Å²) in [7, 11) is 1.62. The minimum Gasteiger partial charge on any atom is -0.496 e. The number of dihydropyridines is 1. The lowest BCUT2D eigenvalue weighted by molar-refractivity contribution is -0.118. The molecule has 5 rings (SSSR count). The van der Waals surface area contributed by atoms with Gasteiger partial charge in [0, 0.05) is 50.2 Å². The molecular weight excluding hydrogens is 617 g/mol. The predicted octanol–water partition coefficient (Wildman–Crippen LogP) is 6.52. The van der Waals surface area contributed by atoms with Crippen molar-refractivity contribution < 1.29 is 19.1 Å². The third kappa shape index (κ3) is 5.91. The van der Waals surface area contributed by atoms with Crippen molar-refractivity contribution in [3.8, 4) is 11.5 Å². The number of hydrogen-bond donors (Lipinski definition) is 2. The molecule has 0 unspecified atom stereocenters. The van der Waals surface area contributed by atoms with Gasteiger partial charge >= 0.3 is 0 Å². The molecule has 3 aromatic rings. The molecule has 2 N–H and O–H groups in total. The third-order valence-electron chi connectivity index (χ3n) is 7.24. The van der Waals surface area contributed by atoms with Crippen LogP contribution in [0.15, 0.2) is 89.4 Å². The van der Waals surface area contributed by atoms with E-state index < -0.39 is 5.92 Å². The Balaban J connectivity index is 1.57. The normalized spacial score (nSPS) is 18.1. The number of ketones is 1. The van der Waals surface area contributed by atoms with Crippen LogP contribution in [0.2, 0.25) is 0 Å². The van der Waals surface area contributed by atoms with Crippen LogP contribution in [0.1, 0.15) is 50.7 Å². The zero-order valence-electron chi connectivity index (χ0n) is 23.0. The maximum Gasteiger partial charge on any atom is 0.255 e. The van der Waals surface area contributed by atoms with Gasteiger partial charge in [-0.3, -0.25) is 9.59 Å². The van der Waals surface area contributed by atoms with Crippen molar-refractivity contribution in [2.75, 3.05) is 12.4 Å². The quantitative estimate of drug-likeness (QED) is 0.284. The van der Waals surface area contributed by atoms with Crippen LogP contribution >= 0.6 is 22.6 Å². The van der Waals surface area contributed by atoms with E-state index in [1.165, 1.54) is 0 Å². The summed E-state index contributed by atoms with van der Waals surface area (Å²) in [5.41, 5.74) is 4.21. The first-order valence-electron chi connectivity index (χ1n) is 13.2. The number of Topliss-reactive ketones (excluding diaryl/α,β-unsaturated/α-hetero) is 1. The lowest BCUT2D eigenvalue weighted by Crippen LogP contribution is -2.39. The molecular formula is C32H32IN3O4. The third-order valence-corrected chi connectivity index (χ3v) is 7.96. The molecule has 40 heavy (non-hydrogen) atoms. The molecule has 0 fully saturated rings. The number of halogens is 1. The van der Waals surface area contributed by atoms with Gasteiger partial charge in [-0.15, -0.1) is 0 Å². The van der Waals surface area contributed by atoms with Gasteiger partial charge in [0.05, 0.1) is 7.11 Å². The number of hydrogen-bond acceptors (Lipinski definition) is 6. The van der Waals surface area contributed by atoms with Crippen molar-refractivity contribution in [1.82, 2.24) is 10.3 Å². The Morgan fingerprint density at radius 2 is 1.90 bits per heavy atom. The van der Waals surface area contributed by atoms with Crippen LogP contribution in [-0.2, 0) is 16.2 Å². The minimum absolute atomic E-state index is 0.0480. The maximum absolute atomic E-state index is 13.8. The molecule has 8 heteroatoms. The fourth-order valence-corrected chi connectivity index (χ4v) is 5.83. The molecule has 1 amide bonds. The molecule has 0 radical (unpaired) electrons. The van der Waals surface area contributed by atoms with E-state index in [0.717, 1.165) is 38.3 Å². The summed E-state index contributed by atoms with van der Waals surface area (Å²) in [5, 5.41) is 6.34. The maximum atomic E-state index is 13.8. The average molecular weight is 650 g/mol. The summed E-state index contributed by atoms with van der Waals surface area (Å²) in [5.74, 6) is 1.07. The summed E-state index contributed by atoms with van der Waals surface area (Å²) in [6.45, 7) is 6.36. The monoisotopic (exact) mass is 649 g/mol. The number of aromatic nitrogens is 1. The summed E-state index contributed by atoms with van der Waals surface area (Å²) < 4.78 is 12.9. The van der Waals surface area contributed by atoms with Crippen molar-refractivity contribution in [3.05, 3.63) is 104 Å². The molecule has 0 saturated carbocycles. The highest BCUT2D eigenvalue weighted by Crippen LogP contribution is 2.47. The Kier molecular flexibility index (Phi) is 7.98. The number of rotatable bonds is 7. The van der Waals surface area contributed by atoms with E-state index in [1.807, 2.05) is 55.5 Å². The smallest absolute Gasteiger partial charge is 0.255 e. The van der Waals surface area contributed by atoms with Gasteiger partial charge in [0.2, 0.25) is 0 Å². The molecule has 2 aromatic carbocycles. The summed E-state index contributed by atoms with van der Waals surface area (Å²) in [6.07, 6.45) is 2.76. The van der Waals surface area contributed by atoms with Crippen LogP contribution in [-0.4, -0.2) is 23.8 Å². The van der Waals surface area contributed by atoms with Crippen LogP contribution in [0.3, 0.4) is 0 Å². The van der Waals surface area contributed by atoms with Gasteiger partial charge in [-0.05, 0) is 95.4 Å². The number of nitrogens with zero attached hydrogens (tertiary/aromatic N) is 1. The number of carbonyl (C=O) groups is 2. The first-order chi connectivity index (χ1) is 19.1. The average Bonchev–Trinajstić information content (AvgIpc) is 2.91. The van der Waals surface area contributed by atoms with Crippen molar-refractivity contribution in [1.29, 1.82) is 0 Å². The number of nitrogens with one attached hydrogen (secondary N) is 2. The molecule has 1 aliphatic carbocycles. The zero-order valence-corrected chi connectivity index (χ0v) is 25.2. The van der Waals surface area contributed by atoms with E-state index in [-0.39, 0.29) is 23.7 Å². The Bertz CT molecular complexity index is 1510. The van der Waals surface area contributed by atoms with E-state index >= 15 is 0 Å². The van der Waals surface area contributed by atoms with Gasteiger partial charge in [0.15, 0.2) is 5.78 Å². The highest BCUT2D eigenvalue weighted by Gasteiger charge is 2.42. The number of allylic oxidation sites excluding steroid dienone is 3. The molecule has 206 valence electrons. The number of benzene rings is 2. The largest absolute Gasteiger partial charge is 0.496 e. The number of ether oxygens (including phenoxy) is 2. The highest BCUT2D eigenvalue weighted by atomic mass is 127. The summed E-state index contributed by atoms with van der Waals surface area (Å²) in [6, 6.07) is 19.0. The Labute approximate surface area is 248 Å². The van der Waals surface area contributed by atoms with Crippen molar-refractivity contribution >= 4 is 40.1 Å². The van der Waals surface area contributed by atoms with Crippen LogP contribution in [0.4, 0.5) is 5.82 Å². The van der Waals surface area contributed by atoms with Crippen molar-refractivity contribution in [2.24, 2.45) is 5.41 Å². The van der Waals surface area contributed by atoms with Crippen LogP contribution in [0.25, 0.3) is 0 Å². The number of anilines is 1. The second-order valence-corrected chi connectivity index (χ2v) is 12.2. The number of amides is 1. The van der Waals surface area contributed by atoms with Crippen LogP contribution in [0.5, 0.6) is 11.5 Å². The van der Waals surface area contributed by atoms with Gasteiger partial charge in [0.25, 0.3) is 5.91 Å². The van der Waals surface area contributed by atoms with Crippen LogP contribution < -0.4 is 20.1 Å². The van der Waals surface area contributed by atoms with E-state index in [2.05, 4.69) is 52.1 Å². The van der Waals surface area contributed by atoms with Crippen molar-refractivity contribution in [2.45, 2.75) is 46.1 Å². The molecule has 7 nitrogen and oxygen atoms in total. The topological polar surface area (TPSA) is 89.5 Å². The fraction of sp³-hybridized carbons (Fsp3) is 0.281. The Morgan fingerprint density at radius 1 is 1.12 bits per heavy atom. The van der Waals surface area contributed by atoms with E-state index in [4.69, 9.17) is 9.47 Å².